The second-order valence-electron chi connectivity index (χ2n) is 6.37. The van der Waals surface area contributed by atoms with E-state index in [9.17, 15) is 9.90 Å². The van der Waals surface area contributed by atoms with Crippen molar-refractivity contribution in [1.29, 1.82) is 0 Å². The van der Waals surface area contributed by atoms with Crippen LogP contribution in [0.1, 0.15) is 51.9 Å². The van der Waals surface area contributed by atoms with Gasteiger partial charge in [0.2, 0.25) is 5.91 Å². The summed E-state index contributed by atoms with van der Waals surface area (Å²) in [7, 11) is 0. The van der Waals surface area contributed by atoms with E-state index in [-0.39, 0.29) is 17.3 Å². The molecular formula is C16H30N2O2S. The number of carbonyl (C=O) groups excluding carboxylic acids is 1. The molecule has 3 unspecified atom stereocenters. The van der Waals surface area contributed by atoms with Gasteiger partial charge in [0.1, 0.15) is 0 Å². The van der Waals surface area contributed by atoms with Gasteiger partial charge in [0.25, 0.3) is 0 Å². The smallest absolute Gasteiger partial charge is 0.233 e. The van der Waals surface area contributed by atoms with Gasteiger partial charge in [-0.15, -0.1) is 0 Å². The molecular weight excluding hydrogens is 284 g/mol. The highest BCUT2D eigenvalue weighted by Gasteiger charge is 2.32. The minimum atomic E-state index is -0.147. The Kier molecular flexibility index (Phi) is 6.83. The molecule has 0 spiro atoms. The zero-order valence-electron chi connectivity index (χ0n) is 13.4. The molecule has 1 saturated carbocycles. The van der Waals surface area contributed by atoms with Crippen LogP contribution in [0.4, 0.5) is 0 Å². The minimum Gasteiger partial charge on any atom is -0.391 e. The van der Waals surface area contributed by atoms with E-state index in [2.05, 4.69) is 17.1 Å². The fourth-order valence-electron chi connectivity index (χ4n) is 3.65. The van der Waals surface area contributed by atoms with E-state index in [0.29, 0.717) is 12.1 Å². The Morgan fingerprint density at radius 2 is 1.95 bits per heavy atom. The molecule has 1 amide bonds. The number of nitrogens with one attached hydrogen (secondary N) is 1. The molecule has 2 fully saturated rings. The molecule has 0 radical (unpaired) electrons. The highest BCUT2D eigenvalue weighted by molar-refractivity contribution is 7.99. The van der Waals surface area contributed by atoms with Crippen molar-refractivity contribution in [3.63, 3.8) is 0 Å². The van der Waals surface area contributed by atoms with Crippen molar-refractivity contribution in [3.05, 3.63) is 0 Å². The molecule has 21 heavy (non-hydrogen) atoms. The number of piperidine rings is 1. The SMILES string of the molecule is CCC(SC)C(=O)NC1CCN(C2CCCCC2O)CC1. The van der Waals surface area contributed by atoms with Gasteiger partial charge in [0, 0.05) is 25.2 Å². The zero-order chi connectivity index (χ0) is 15.2. The van der Waals surface area contributed by atoms with Crippen LogP contribution in [-0.4, -0.2) is 58.7 Å². The summed E-state index contributed by atoms with van der Waals surface area (Å²) in [4.78, 5) is 14.6. The van der Waals surface area contributed by atoms with Crippen LogP contribution in [-0.2, 0) is 4.79 Å². The first-order chi connectivity index (χ1) is 10.2. The van der Waals surface area contributed by atoms with E-state index in [4.69, 9.17) is 0 Å². The van der Waals surface area contributed by atoms with Crippen molar-refractivity contribution in [2.45, 2.75) is 75.3 Å². The third-order valence-electron chi connectivity index (χ3n) is 4.99. The van der Waals surface area contributed by atoms with Crippen molar-refractivity contribution >= 4 is 17.7 Å². The first kappa shape index (κ1) is 17.1. The second-order valence-corrected chi connectivity index (χ2v) is 7.41. The van der Waals surface area contributed by atoms with E-state index < -0.39 is 0 Å². The van der Waals surface area contributed by atoms with Crippen molar-refractivity contribution in [2.75, 3.05) is 19.3 Å². The van der Waals surface area contributed by atoms with Gasteiger partial charge in [0.05, 0.1) is 11.4 Å². The Balaban J connectivity index is 1.76. The summed E-state index contributed by atoms with van der Waals surface area (Å²) < 4.78 is 0. The first-order valence-electron chi connectivity index (χ1n) is 8.41. The summed E-state index contributed by atoms with van der Waals surface area (Å²) >= 11 is 1.63. The van der Waals surface area contributed by atoms with E-state index in [1.54, 1.807) is 11.8 Å². The van der Waals surface area contributed by atoms with Gasteiger partial charge in [0.15, 0.2) is 0 Å². The summed E-state index contributed by atoms with van der Waals surface area (Å²) in [6.07, 6.45) is 9.25. The van der Waals surface area contributed by atoms with Gasteiger partial charge < -0.3 is 10.4 Å². The molecule has 5 heteroatoms. The lowest BCUT2D eigenvalue weighted by Gasteiger charge is -2.41. The summed E-state index contributed by atoms with van der Waals surface area (Å²) in [6, 6.07) is 0.667. The molecule has 2 N–H and O–H groups in total. The third kappa shape index (κ3) is 4.60. The lowest BCUT2D eigenvalue weighted by Crippen LogP contribution is -2.52. The van der Waals surface area contributed by atoms with Crippen LogP contribution < -0.4 is 5.32 Å². The highest BCUT2D eigenvalue weighted by atomic mass is 32.2. The number of likely N-dealkylation sites (tertiary alicyclic amines) is 1. The number of nitrogens with zero attached hydrogens (tertiary/aromatic N) is 1. The summed E-state index contributed by atoms with van der Waals surface area (Å²) in [5.74, 6) is 0.196. The molecule has 4 nitrogen and oxygen atoms in total. The summed E-state index contributed by atoms with van der Waals surface area (Å²) in [5.41, 5.74) is 0. The van der Waals surface area contributed by atoms with Crippen LogP contribution in [0, 0.1) is 0 Å². The molecule has 2 aliphatic rings. The molecule has 0 aromatic carbocycles. The largest absolute Gasteiger partial charge is 0.391 e. The van der Waals surface area contributed by atoms with Crippen LogP contribution in [0.2, 0.25) is 0 Å². The molecule has 0 aromatic rings. The standard InChI is InChI=1S/C16H30N2O2S/c1-3-15(21-2)16(20)17-12-8-10-18(11-9-12)13-6-4-5-7-14(13)19/h12-15,19H,3-11H2,1-2H3,(H,17,20). The van der Waals surface area contributed by atoms with Gasteiger partial charge in [-0.25, -0.2) is 0 Å². The number of amides is 1. The van der Waals surface area contributed by atoms with Gasteiger partial charge in [-0.05, 0) is 38.4 Å². The number of carbonyl (C=O) groups is 1. The summed E-state index contributed by atoms with van der Waals surface area (Å²) in [5, 5.41) is 13.4. The third-order valence-corrected chi connectivity index (χ3v) is 6.10. The molecule has 0 bridgehead atoms. The van der Waals surface area contributed by atoms with Crippen LogP contribution in [0.25, 0.3) is 0 Å². The summed E-state index contributed by atoms with van der Waals surface area (Å²) in [6.45, 7) is 4.07. The van der Waals surface area contributed by atoms with Crippen LogP contribution in [0.5, 0.6) is 0 Å². The van der Waals surface area contributed by atoms with Gasteiger partial charge in [-0.1, -0.05) is 19.8 Å². The normalized spacial score (nSPS) is 30.0. The maximum Gasteiger partial charge on any atom is 0.233 e. The molecule has 1 aliphatic carbocycles. The second kappa shape index (κ2) is 8.39. The lowest BCUT2D eigenvalue weighted by molar-refractivity contribution is -0.121. The molecule has 1 heterocycles. The van der Waals surface area contributed by atoms with Crippen molar-refractivity contribution in [2.24, 2.45) is 0 Å². The minimum absolute atomic E-state index is 0.0863. The zero-order valence-corrected chi connectivity index (χ0v) is 14.2. The van der Waals surface area contributed by atoms with Crippen molar-refractivity contribution in [1.82, 2.24) is 10.2 Å². The maximum atomic E-state index is 12.1. The van der Waals surface area contributed by atoms with E-state index in [1.165, 1.54) is 6.42 Å². The van der Waals surface area contributed by atoms with E-state index >= 15 is 0 Å². The van der Waals surface area contributed by atoms with Crippen molar-refractivity contribution < 1.29 is 9.90 Å². The van der Waals surface area contributed by atoms with Crippen LogP contribution in [0.15, 0.2) is 0 Å². The number of aliphatic hydroxyl groups is 1. The number of hydrogen-bond donors (Lipinski definition) is 2. The van der Waals surface area contributed by atoms with Gasteiger partial charge in [-0.3, -0.25) is 9.69 Å². The fraction of sp³-hybridized carbons (Fsp3) is 0.938. The highest BCUT2D eigenvalue weighted by Crippen LogP contribution is 2.26. The average molecular weight is 314 g/mol. The Labute approximate surface area is 133 Å². The molecule has 122 valence electrons. The van der Waals surface area contributed by atoms with E-state index in [1.807, 2.05) is 6.26 Å². The Hall–Kier alpha value is -0.260. The number of aliphatic hydroxyl groups excluding tert-OH is 1. The molecule has 3 atom stereocenters. The molecule has 0 aromatic heterocycles. The average Bonchev–Trinajstić information content (AvgIpc) is 2.50. The number of thioether (sulfide) groups is 1. The maximum absolute atomic E-state index is 12.1. The fourth-order valence-corrected chi connectivity index (χ4v) is 4.26. The Morgan fingerprint density at radius 3 is 2.52 bits per heavy atom. The van der Waals surface area contributed by atoms with Crippen LogP contribution >= 0.6 is 11.8 Å². The van der Waals surface area contributed by atoms with Crippen molar-refractivity contribution in [3.8, 4) is 0 Å². The van der Waals surface area contributed by atoms with Gasteiger partial charge >= 0.3 is 0 Å². The predicted octanol–water partition coefficient (Wildman–Crippen LogP) is 2.01. The number of hydrogen-bond acceptors (Lipinski definition) is 4. The molecule has 1 aliphatic heterocycles. The quantitative estimate of drug-likeness (QED) is 0.815. The monoisotopic (exact) mass is 314 g/mol. The predicted molar refractivity (Wildman–Crippen MR) is 88.6 cm³/mol. The topological polar surface area (TPSA) is 52.6 Å². The lowest BCUT2D eigenvalue weighted by atomic mass is 9.89. The number of rotatable bonds is 5. The van der Waals surface area contributed by atoms with Gasteiger partial charge in [-0.2, -0.15) is 11.8 Å². The molecule has 2 rings (SSSR count). The Bertz CT molecular complexity index is 328. The van der Waals surface area contributed by atoms with Crippen LogP contribution in [0.3, 0.4) is 0 Å². The van der Waals surface area contributed by atoms with E-state index in [0.717, 1.165) is 51.6 Å². The molecule has 1 saturated heterocycles. The first-order valence-corrected chi connectivity index (χ1v) is 9.69. The Morgan fingerprint density at radius 1 is 1.29 bits per heavy atom.